The highest BCUT2D eigenvalue weighted by Gasteiger charge is 2.32. The van der Waals surface area contributed by atoms with Crippen molar-refractivity contribution in [2.45, 2.75) is 25.7 Å². The van der Waals surface area contributed by atoms with Crippen LogP contribution in [0, 0.1) is 0 Å². The van der Waals surface area contributed by atoms with Crippen LogP contribution in [0.5, 0.6) is 11.5 Å². The lowest BCUT2D eigenvalue weighted by atomic mass is 10.1. The Kier molecular flexibility index (Phi) is 5.48. The molecule has 5 nitrogen and oxygen atoms in total. The molecule has 148 valence electrons. The molecule has 2 aromatic carbocycles. The summed E-state index contributed by atoms with van der Waals surface area (Å²) in [6, 6.07) is 11.3. The number of nitrogens with zero attached hydrogens (tertiary/aromatic N) is 1. The van der Waals surface area contributed by atoms with Crippen LogP contribution in [0.25, 0.3) is 10.9 Å². The first-order chi connectivity index (χ1) is 13.3. The molecule has 0 amide bonds. The summed E-state index contributed by atoms with van der Waals surface area (Å²) in [5.41, 5.74) is 1.91. The highest BCUT2D eigenvalue weighted by molar-refractivity contribution is 5.86. The van der Waals surface area contributed by atoms with Gasteiger partial charge >= 0.3 is 12.3 Å². The number of ether oxygens (including phenoxy) is 2. The summed E-state index contributed by atoms with van der Waals surface area (Å²) in [5, 5.41) is 9.78. The second-order valence-electron chi connectivity index (χ2n) is 6.21. The van der Waals surface area contributed by atoms with Crippen molar-refractivity contribution < 1.29 is 32.5 Å². The van der Waals surface area contributed by atoms with Crippen LogP contribution in [0.2, 0.25) is 0 Å². The fourth-order valence-corrected chi connectivity index (χ4v) is 3.09. The van der Waals surface area contributed by atoms with Crippen molar-refractivity contribution in [3.8, 4) is 11.5 Å². The zero-order valence-electron chi connectivity index (χ0n) is 15.0. The molecule has 0 saturated carbocycles. The number of alkyl halides is 3. The van der Waals surface area contributed by atoms with Gasteiger partial charge in [0.2, 0.25) is 0 Å². The van der Waals surface area contributed by atoms with E-state index in [0.29, 0.717) is 17.7 Å². The van der Waals surface area contributed by atoms with Crippen LogP contribution in [0.4, 0.5) is 13.2 Å². The second kappa shape index (κ2) is 7.84. The van der Waals surface area contributed by atoms with Crippen molar-refractivity contribution in [3.05, 3.63) is 59.8 Å². The van der Waals surface area contributed by atoms with E-state index in [1.165, 1.54) is 19.2 Å². The number of fused-ring (bicyclic) bond motifs is 1. The van der Waals surface area contributed by atoms with Gasteiger partial charge in [0.25, 0.3) is 0 Å². The van der Waals surface area contributed by atoms with Crippen LogP contribution in [-0.2, 0) is 17.8 Å². The van der Waals surface area contributed by atoms with Crippen LogP contribution in [-0.4, -0.2) is 29.1 Å². The van der Waals surface area contributed by atoms with E-state index in [9.17, 15) is 18.0 Å². The van der Waals surface area contributed by atoms with Gasteiger partial charge in [0.05, 0.1) is 13.7 Å². The number of carboxylic acid groups (broad SMARTS) is 1. The molecule has 0 aliphatic carbocycles. The van der Waals surface area contributed by atoms with Gasteiger partial charge in [-0.1, -0.05) is 18.2 Å². The molecule has 8 heteroatoms. The van der Waals surface area contributed by atoms with E-state index in [1.54, 1.807) is 41.1 Å². The summed E-state index contributed by atoms with van der Waals surface area (Å²) < 4.78 is 49.2. The summed E-state index contributed by atoms with van der Waals surface area (Å²) in [4.78, 5) is 11.0. The molecule has 1 heterocycles. The fraction of sp³-hybridized carbons (Fsp3) is 0.250. The van der Waals surface area contributed by atoms with Gasteiger partial charge in [0.15, 0.2) is 0 Å². The Morgan fingerprint density at radius 1 is 1.14 bits per heavy atom. The van der Waals surface area contributed by atoms with Crippen molar-refractivity contribution >= 4 is 16.9 Å². The summed E-state index contributed by atoms with van der Waals surface area (Å²) in [6.07, 6.45) is -2.77. The molecule has 0 spiro atoms. The number of hydrogen-bond donors (Lipinski definition) is 1. The molecular formula is C20H18F3NO4. The SMILES string of the molecule is COc1ccc2c(c1)c(CCC(=O)O)cn2Cc1ccccc1OC(F)(F)F. The van der Waals surface area contributed by atoms with E-state index in [-0.39, 0.29) is 18.7 Å². The molecule has 0 atom stereocenters. The van der Waals surface area contributed by atoms with Gasteiger partial charge in [0, 0.05) is 29.1 Å². The maximum atomic E-state index is 12.7. The van der Waals surface area contributed by atoms with Crippen molar-refractivity contribution in [2.75, 3.05) is 7.11 Å². The first-order valence-electron chi connectivity index (χ1n) is 8.48. The summed E-state index contributed by atoms with van der Waals surface area (Å²) in [5.74, 6) is -0.576. The number of para-hydroxylation sites is 1. The number of aliphatic carboxylic acids is 1. The average Bonchev–Trinajstić information content (AvgIpc) is 2.97. The third kappa shape index (κ3) is 4.57. The Morgan fingerprint density at radius 2 is 1.89 bits per heavy atom. The van der Waals surface area contributed by atoms with Gasteiger partial charge in [-0.3, -0.25) is 4.79 Å². The Bertz CT molecular complexity index is 995. The summed E-state index contributed by atoms with van der Waals surface area (Å²) >= 11 is 0. The van der Waals surface area contributed by atoms with E-state index in [2.05, 4.69) is 4.74 Å². The lowest BCUT2D eigenvalue weighted by Gasteiger charge is -2.14. The smallest absolute Gasteiger partial charge is 0.497 e. The van der Waals surface area contributed by atoms with Crippen LogP contribution in [0.3, 0.4) is 0 Å². The molecule has 0 unspecified atom stereocenters. The number of methoxy groups -OCH3 is 1. The third-order valence-corrected chi connectivity index (χ3v) is 4.32. The predicted octanol–water partition coefficient (Wildman–Crippen LogP) is 4.61. The monoisotopic (exact) mass is 393 g/mol. The minimum Gasteiger partial charge on any atom is -0.497 e. The molecule has 0 aliphatic heterocycles. The summed E-state index contributed by atoms with van der Waals surface area (Å²) in [7, 11) is 1.53. The number of carbonyl (C=O) groups is 1. The number of carboxylic acids is 1. The van der Waals surface area contributed by atoms with E-state index in [4.69, 9.17) is 9.84 Å². The van der Waals surface area contributed by atoms with E-state index in [0.717, 1.165) is 16.5 Å². The Morgan fingerprint density at radius 3 is 2.57 bits per heavy atom. The van der Waals surface area contributed by atoms with Crippen molar-refractivity contribution in [1.82, 2.24) is 4.57 Å². The molecule has 3 rings (SSSR count). The normalized spacial score (nSPS) is 11.6. The predicted molar refractivity (Wildman–Crippen MR) is 96.7 cm³/mol. The first-order valence-corrected chi connectivity index (χ1v) is 8.48. The highest BCUT2D eigenvalue weighted by atomic mass is 19.4. The molecule has 0 saturated heterocycles. The molecule has 0 bridgehead atoms. The molecule has 0 fully saturated rings. The molecule has 1 aromatic heterocycles. The molecule has 1 N–H and O–H groups in total. The summed E-state index contributed by atoms with van der Waals surface area (Å²) in [6.45, 7) is 0.141. The molecule has 3 aromatic rings. The number of rotatable bonds is 7. The molecule has 0 radical (unpaired) electrons. The zero-order chi connectivity index (χ0) is 20.3. The van der Waals surface area contributed by atoms with Gasteiger partial charge < -0.3 is 19.1 Å². The Hall–Kier alpha value is -3.16. The van der Waals surface area contributed by atoms with E-state index >= 15 is 0 Å². The molecular weight excluding hydrogens is 375 g/mol. The number of halogens is 3. The number of aromatic nitrogens is 1. The lowest BCUT2D eigenvalue weighted by Crippen LogP contribution is -2.18. The van der Waals surface area contributed by atoms with Crippen LogP contribution >= 0.6 is 0 Å². The van der Waals surface area contributed by atoms with Crippen molar-refractivity contribution in [1.29, 1.82) is 0 Å². The average molecular weight is 393 g/mol. The first kappa shape index (κ1) is 19.6. The quantitative estimate of drug-likeness (QED) is 0.637. The fourth-order valence-electron chi connectivity index (χ4n) is 3.09. The number of aryl methyl sites for hydroxylation is 1. The standard InChI is InChI=1S/C20H18F3NO4/c1-27-15-7-8-17-16(10-15)13(6-9-19(25)26)11-24(17)12-14-4-2-3-5-18(14)28-20(21,22)23/h2-5,7-8,10-11H,6,9,12H2,1H3,(H,25,26). The van der Waals surface area contributed by atoms with Crippen molar-refractivity contribution in [3.63, 3.8) is 0 Å². The zero-order valence-corrected chi connectivity index (χ0v) is 15.0. The largest absolute Gasteiger partial charge is 0.573 e. The third-order valence-electron chi connectivity index (χ3n) is 4.32. The van der Waals surface area contributed by atoms with Crippen LogP contribution in [0.1, 0.15) is 17.5 Å². The second-order valence-corrected chi connectivity index (χ2v) is 6.21. The highest BCUT2D eigenvalue weighted by Crippen LogP contribution is 2.31. The van der Waals surface area contributed by atoms with Crippen LogP contribution in [0.15, 0.2) is 48.7 Å². The van der Waals surface area contributed by atoms with E-state index in [1.807, 2.05) is 0 Å². The Balaban J connectivity index is 2.01. The molecule has 28 heavy (non-hydrogen) atoms. The maximum absolute atomic E-state index is 12.7. The van der Waals surface area contributed by atoms with Gasteiger partial charge in [-0.15, -0.1) is 13.2 Å². The van der Waals surface area contributed by atoms with Gasteiger partial charge in [-0.25, -0.2) is 0 Å². The van der Waals surface area contributed by atoms with Crippen molar-refractivity contribution in [2.24, 2.45) is 0 Å². The minimum absolute atomic E-state index is 0.0515. The van der Waals surface area contributed by atoms with Gasteiger partial charge in [-0.2, -0.15) is 0 Å². The maximum Gasteiger partial charge on any atom is 0.573 e. The Labute approximate surface area is 158 Å². The minimum atomic E-state index is -4.78. The number of hydrogen-bond acceptors (Lipinski definition) is 3. The van der Waals surface area contributed by atoms with Gasteiger partial charge in [0.1, 0.15) is 11.5 Å². The molecule has 0 aliphatic rings. The van der Waals surface area contributed by atoms with Crippen LogP contribution < -0.4 is 9.47 Å². The number of benzene rings is 2. The van der Waals surface area contributed by atoms with Gasteiger partial charge in [-0.05, 0) is 36.2 Å². The topological polar surface area (TPSA) is 60.7 Å². The lowest BCUT2D eigenvalue weighted by molar-refractivity contribution is -0.274. The van der Waals surface area contributed by atoms with E-state index < -0.39 is 12.3 Å².